The standard InChI is InChI=1S/C81H141NO10/c1-4-7-10-13-16-19-22-25-27-29-31-33-35-37-38-39-41-43-45-47-49-51-54-57-60-63-66-69-76(86)92-79-78(88)77(87)75(70-83)91-81(79)90-71-72(73(84)67-64-61-58-55-52-24-21-18-15-12-9-6-3)82-80(89)74(85)68-65-62-59-56-53-50-48-46-44-42-40-36-34-32-30-28-26-23-20-17-14-11-8-5-2/h7,10,16-17,19-20,25-28,31,33,37-38,41,43,64,67,72-75,77-79,81,83-85,87-88H,4-6,8-9,11-15,18,21-24,29-30,32,34-36,39-40,42,44-63,65-66,68-71H2,1-3H3,(H,82,89)/b10-7-,19-16-,20-17-,27-25-,28-26-,33-31-,38-37-,43-41-,67-64+. The Labute approximate surface area is 564 Å². The van der Waals surface area contributed by atoms with Gasteiger partial charge < -0.3 is 45.1 Å². The molecule has 0 saturated carbocycles. The number of esters is 1. The molecule has 1 heterocycles. The largest absolute Gasteiger partial charge is 0.454 e. The molecule has 8 unspecified atom stereocenters. The van der Waals surface area contributed by atoms with Gasteiger partial charge in [-0.2, -0.15) is 0 Å². The van der Waals surface area contributed by atoms with Crippen LogP contribution in [0.3, 0.4) is 0 Å². The molecule has 0 spiro atoms. The molecule has 1 fully saturated rings. The molecule has 0 bridgehead atoms. The van der Waals surface area contributed by atoms with Crippen molar-refractivity contribution in [2.45, 2.75) is 378 Å². The van der Waals surface area contributed by atoms with Crippen LogP contribution in [0.25, 0.3) is 0 Å². The number of hydrogen-bond acceptors (Lipinski definition) is 10. The monoisotopic (exact) mass is 1290 g/mol. The minimum absolute atomic E-state index is 0.109. The Bertz CT molecular complexity index is 1920. The molecule has 0 aromatic carbocycles. The van der Waals surface area contributed by atoms with Crippen LogP contribution in [0.1, 0.15) is 329 Å². The van der Waals surface area contributed by atoms with Gasteiger partial charge in [-0.1, -0.05) is 323 Å². The second kappa shape index (κ2) is 67.3. The van der Waals surface area contributed by atoms with Crippen LogP contribution >= 0.6 is 0 Å². The first kappa shape index (κ1) is 86.3. The van der Waals surface area contributed by atoms with Gasteiger partial charge in [0.1, 0.15) is 24.4 Å². The topological polar surface area (TPSA) is 175 Å². The zero-order chi connectivity index (χ0) is 66.7. The van der Waals surface area contributed by atoms with Crippen LogP contribution in [0.2, 0.25) is 0 Å². The third-order valence-corrected chi connectivity index (χ3v) is 17.4. The minimum atomic E-state index is -1.62. The zero-order valence-corrected chi connectivity index (χ0v) is 59.1. The van der Waals surface area contributed by atoms with Crippen molar-refractivity contribution < 1.29 is 49.3 Å². The van der Waals surface area contributed by atoms with Crippen molar-refractivity contribution in [2.75, 3.05) is 13.2 Å². The van der Waals surface area contributed by atoms with Crippen LogP contribution < -0.4 is 5.32 Å². The summed E-state index contributed by atoms with van der Waals surface area (Å²) in [5.41, 5.74) is 0. The van der Waals surface area contributed by atoms with E-state index in [1.54, 1.807) is 6.08 Å². The molecule has 1 rings (SSSR count). The molecule has 92 heavy (non-hydrogen) atoms. The Morgan fingerprint density at radius 2 is 0.783 bits per heavy atom. The SMILES string of the molecule is CC/C=C\C/C=C\C/C=C\C/C=C\C/C=C\C/C=C\CCCCCCCCCCC(=O)OC1C(OCC(NC(=O)C(O)CCCCCCCCCCCCCCCC/C=C\C/C=C\CCCCC)C(O)/C=C/CCCCCCCCCCCC)OC(CO)C(O)C1O. The van der Waals surface area contributed by atoms with Crippen LogP contribution in [-0.4, -0.2) is 99.6 Å². The summed E-state index contributed by atoms with van der Waals surface area (Å²) in [7, 11) is 0. The Morgan fingerprint density at radius 1 is 0.435 bits per heavy atom. The summed E-state index contributed by atoms with van der Waals surface area (Å²) >= 11 is 0. The van der Waals surface area contributed by atoms with Gasteiger partial charge in [0.25, 0.3) is 0 Å². The normalized spacial score (nSPS) is 18.5. The highest BCUT2D eigenvalue weighted by molar-refractivity contribution is 5.80. The molecule has 11 heteroatoms. The molecular weight excluding hydrogens is 1150 g/mol. The van der Waals surface area contributed by atoms with Crippen LogP contribution in [0.5, 0.6) is 0 Å². The number of allylic oxidation sites excluding steroid dienone is 17. The van der Waals surface area contributed by atoms with Gasteiger partial charge in [-0.3, -0.25) is 9.59 Å². The molecule has 0 aliphatic carbocycles. The quantitative estimate of drug-likeness (QED) is 0.0195. The molecular formula is C81H141NO10. The number of hydrogen-bond donors (Lipinski definition) is 6. The molecule has 0 radical (unpaired) electrons. The summed E-state index contributed by atoms with van der Waals surface area (Å²) in [6, 6.07) is -1.03. The maximum absolute atomic E-state index is 13.5. The van der Waals surface area contributed by atoms with Gasteiger partial charge in [0.15, 0.2) is 12.4 Å². The van der Waals surface area contributed by atoms with Crippen LogP contribution in [-0.2, 0) is 23.8 Å². The highest BCUT2D eigenvalue weighted by Crippen LogP contribution is 2.26. The number of amides is 1. The third kappa shape index (κ3) is 53.6. The van der Waals surface area contributed by atoms with Crippen molar-refractivity contribution in [1.29, 1.82) is 0 Å². The van der Waals surface area contributed by atoms with E-state index in [4.69, 9.17) is 14.2 Å². The summed E-state index contributed by atoms with van der Waals surface area (Å²) in [6.07, 6.45) is 82.7. The average Bonchev–Trinajstić information content (AvgIpc) is 0.875. The highest BCUT2D eigenvalue weighted by Gasteiger charge is 2.47. The molecule has 11 nitrogen and oxygen atoms in total. The number of carbonyl (C=O) groups is 2. The maximum atomic E-state index is 13.5. The van der Waals surface area contributed by atoms with Crippen LogP contribution in [0.15, 0.2) is 109 Å². The third-order valence-electron chi connectivity index (χ3n) is 17.4. The van der Waals surface area contributed by atoms with Crippen molar-refractivity contribution in [3.63, 3.8) is 0 Å². The Hall–Kier alpha value is -3.68. The highest BCUT2D eigenvalue weighted by atomic mass is 16.7. The van der Waals surface area contributed by atoms with Crippen molar-refractivity contribution in [2.24, 2.45) is 0 Å². The first-order valence-electron chi connectivity index (χ1n) is 38.2. The molecule has 8 atom stereocenters. The van der Waals surface area contributed by atoms with Gasteiger partial charge in [0.05, 0.1) is 25.4 Å². The molecule has 1 amide bonds. The fraction of sp³-hybridized carbons (Fsp3) is 0.753. The Morgan fingerprint density at radius 3 is 1.20 bits per heavy atom. The van der Waals surface area contributed by atoms with E-state index in [-0.39, 0.29) is 19.4 Å². The van der Waals surface area contributed by atoms with Crippen LogP contribution in [0.4, 0.5) is 0 Å². The van der Waals surface area contributed by atoms with Gasteiger partial charge in [0.2, 0.25) is 5.91 Å². The van der Waals surface area contributed by atoms with Crippen molar-refractivity contribution in [1.82, 2.24) is 5.32 Å². The summed E-state index contributed by atoms with van der Waals surface area (Å²) < 4.78 is 17.7. The summed E-state index contributed by atoms with van der Waals surface area (Å²) in [6.45, 7) is 5.68. The fourth-order valence-electron chi connectivity index (χ4n) is 11.5. The van der Waals surface area contributed by atoms with E-state index >= 15 is 0 Å². The molecule has 6 N–H and O–H groups in total. The predicted molar refractivity (Wildman–Crippen MR) is 388 cm³/mol. The molecule has 530 valence electrons. The van der Waals surface area contributed by atoms with Gasteiger partial charge in [-0.25, -0.2) is 0 Å². The first-order valence-corrected chi connectivity index (χ1v) is 38.2. The smallest absolute Gasteiger partial charge is 0.306 e. The van der Waals surface area contributed by atoms with E-state index in [2.05, 4.69) is 123 Å². The number of ether oxygens (including phenoxy) is 3. The van der Waals surface area contributed by atoms with Gasteiger partial charge >= 0.3 is 5.97 Å². The first-order chi connectivity index (χ1) is 45.2. The van der Waals surface area contributed by atoms with E-state index in [0.717, 1.165) is 116 Å². The lowest BCUT2D eigenvalue weighted by atomic mass is 9.99. The molecule has 1 saturated heterocycles. The van der Waals surface area contributed by atoms with E-state index < -0.39 is 67.4 Å². The van der Waals surface area contributed by atoms with Gasteiger partial charge in [0, 0.05) is 6.42 Å². The number of nitrogens with one attached hydrogen (secondary N) is 1. The van der Waals surface area contributed by atoms with E-state index in [1.165, 1.54) is 167 Å². The van der Waals surface area contributed by atoms with Crippen molar-refractivity contribution >= 4 is 11.9 Å². The number of aliphatic hydroxyl groups is 5. The van der Waals surface area contributed by atoms with E-state index in [9.17, 15) is 35.1 Å². The number of rotatable bonds is 65. The molecule has 0 aromatic rings. The van der Waals surface area contributed by atoms with Gasteiger partial charge in [-0.05, 0) is 109 Å². The summed E-state index contributed by atoms with van der Waals surface area (Å²) in [5.74, 6) is -1.20. The van der Waals surface area contributed by atoms with Crippen molar-refractivity contribution in [3.05, 3.63) is 109 Å². The predicted octanol–water partition coefficient (Wildman–Crippen LogP) is 20.4. The molecule has 0 aromatic heterocycles. The second-order valence-corrected chi connectivity index (χ2v) is 26.0. The van der Waals surface area contributed by atoms with Gasteiger partial charge in [-0.15, -0.1) is 0 Å². The lowest BCUT2D eigenvalue weighted by Crippen LogP contribution is -2.61. The molecule has 1 aliphatic rings. The summed E-state index contributed by atoms with van der Waals surface area (Å²) in [4.78, 5) is 26.8. The Balaban J connectivity index is 2.53. The van der Waals surface area contributed by atoms with Crippen LogP contribution in [0, 0.1) is 0 Å². The lowest BCUT2D eigenvalue weighted by Gasteiger charge is -2.41. The fourth-order valence-corrected chi connectivity index (χ4v) is 11.5. The summed E-state index contributed by atoms with van der Waals surface area (Å²) in [5, 5.41) is 57.4. The number of aliphatic hydroxyl groups excluding tert-OH is 5. The van der Waals surface area contributed by atoms with E-state index in [0.29, 0.717) is 12.8 Å². The minimum Gasteiger partial charge on any atom is -0.454 e. The number of unbranched alkanes of at least 4 members (excludes halogenated alkanes) is 35. The zero-order valence-electron chi connectivity index (χ0n) is 59.1. The lowest BCUT2D eigenvalue weighted by molar-refractivity contribution is -0.305. The molecule has 1 aliphatic heterocycles. The Kier molecular flexibility index (Phi) is 63.2. The maximum Gasteiger partial charge on any atom is 0.306 e. The number of carbonyl (C=O) groups excluding carboxylic acids is 2. The van der Waals surface area contributed by atoms with Crippen molar-refractivity contribution in [3.8, 4) is 0 Å². The van der Waals surface area contributed by atoms with E-state index in [1.807, 2.05) is 6.08 Å². The second-order valence-electron chi connectivity index (χ2n) is 26.0. The average molecular weight is 1290 g/mol.